The van der Waals surface area contributed by atoms with Gasteiger partial charge in [-0.15, -0.1) is 0 Å². The average molecular weight is 415 g/mol. The van der Waals surface area contributed by atoms with E-state index in [1.807, 2.05) is 62.4 Å². The van der Waals surface area contributed by atoms with Crippen LogP contribution in [-0.2, 0) is 0 Å². The highest BCUT2D eigenvalue weighted by Gasteiger charge is 2.11. The van der Waals surface area contributed by atoms with Crippen LogP contribution in [0.15, 0.2) is 51.7 Å². The first kappa shape index (κ1) is 16.3. The Bertz CT molecular complexity index is 1190. The maximum atomic E-state index is 12.9. The Labute approximate surface area is 156 Å². The minimum atomic E-state index is -0.0517. The molecule has 6 heteroatoms. The summed E-state index contributed by atoms with van der Waals surface area (Å²) in [4.78, 5) is 18.1. The highest BCUT2D eigenvalue weighted by Crippen LogP contribution is 2.25. The summed E-state index contributed by atoms with van der Waals surface area (Å²) in [5.74, 6) is 0.758. The smallest absolute Gasteiger partial charge is 0.274 e. The molecule has 25 heavy (non-hydrogen) atoms. The van der Waals surface area contributed by atoms with E-state index in [-0.39, 0.29) is 11.7 Å². The molecule has 4 aromatic rings. The van der Waals surface area contributed by atoms with Crippen molar-refractivity contribution in [2.24, 2.45) is 0 Å². The fourth-order valence-corrected chi connectivity index (χ4v) is 4.10. The number of nitrogens with zero attached hydrogens (tertiary/aromatic N) is 2. The van der Waals surface area contributed by atoms with Crippen LogP contribution in [0.25, 0.3) is 22.1 Å². The van der Waals surface area contributed by atoms with Gasteiger partial charge in [0, 0.05) is 10.0 Å². The number of aromatic nitrogens is 2. The number of ether oxygens (including phenoxy) is 1. The Morgan fingerprint density at radius 2 is 2.04 bits per heavy atom. The van der Waals surface area contributed by atoms with Gasteiger partial charge in [0.05, 0.1) is 21.7 Å². The molecular weight excluding hydrogens is 400 g/mol. The Hall–Kier alpha value is -2.18. The molecule has 2 aromatic heterocycles. The third-order valence-corrected chi connectivity index (χ3v) is 5.23. The predicted octanol–water partition coefficient (Wildman–Crippen LogP) is 4.01. The van der Waals surface area contributed by atoms with Crippen LogP contribution in [0.5, 0.6) is 5.75 Å². The van der Waals surface area contributed by atoms with Crippen molar-refractivity contribution in [1.29, 1.82) is 0 Å². The standard InChI is InChI=1S/C19H15BrN2O2S/c1-11(2)24-16-8-7-13(20)9-12(16)10-17-18(23)22-15-6-4-3-5-14(15)21-19(22)25-17/h3-11H,1-2H3/b17-10+. The second-order valence-corrected chi connectivity index (χ2v) is 7.91. The lowest BCUT2D eigenvalue weighted by molar-refractivity contribution is 0.242. The van der Waals surface area contributed by atoms with E-state index in [1.165, 1.54) is 11.3 Å². The summed E-state index contributed by atoms with van der Waals surface area (Å²) >= 11 is 4.88. The van der Waals surface area contributed by atoms with Gasteiger partial charge in [0.25, 0.3) is 5.56 Å². The maximum absolute atomic E-state index is 12.9. The van der Waals surface area contributed by atoms with Crippen molar-refractivity contribution in [2.75, 3.05) is 0 Å². The molecule has 4 rings (SSSR count). The SMILES string of the molecule is CC(C)Oc1ccc(Br)cc1/C=c1/sc2nc3ccccc3n2c1=O. The molecule has 2 aromatic carbocycles. The van der Waals surface area contributed by atoms with Crippen LogP contribution in [-0.4, -0.2) is 15.5 Å². The van der Waals surface area contributed by atoms with Gasteiger partial charge in [-0.25, -0.2) is 9.38 Å². The van der Waals surface area contributed by atoms with Gasteiger partial charge >= 0.3 is 0 Å². The van der Waals surface area contributed by atoms with Gasteiger partial charge < -0.3 is 4.74 Å². The summed E-state index contributed by atoms with van der Waals surface area (Å²) < 4.78 is 9.12. The van der Waals surface area contributed by atoms with Gasteiger partial charge in [0.2, 0.25) is 0 Å². The predicted molar refractivity (Wildman–Crippen MR) is 106 cm³/mol. The van der Waals surface area contributed by atoms with Crippen LogP contribution < -0.4 is 14.8 Å². The molecule has 4 nitrogen and oxygen atoms in total. The summed E-state index contributed by atoms with van der Waals surface area (Å²) in [5, 5.41) is 0. The van der Waals surface area contributed by atoms with Gasteiger partial charge in [0.1, 0.15) is 5.75 Å². The van der Waals surface area contributed by atoms with E-state index in [1.54, 1.807) is 4.40 Å². The number of hydrogen-bond acceptors (Lipinski definition) is 4. The fourth-order valence-electron chi connectivity index (χ4n) is 2.75. The van der Waals surface area contributed by atoms with E-state index in [0.717, 1.165) is 26.8 Å². The normalized spacial score (nSPS) is 12.6. The lowest BCUT2D eigenvalue weighted by atomic mass is 10.2. The summed E-state index contributed by atoms with van der Waals surface area (Å²) in [6, 6.07) is 13.5. The molecule has 0 N–H and O–H groups in total. The number of benzene rings is 2. The molecule has 0 saturated heterocycles. The molecule has 126 valence electrons. The zero-order chi connectivity index (χ0) is 17.6. The second kappa shape index (κ2) is 6.28. The Morgan fingerprint density at radius 1 is 1.24 bits per heavy atom. The number of fused-ring (bicyclic) bond motifs is 3. The zero-order valence-electron chi connectivity index (χ0n) is 13.7. The summed E-state index contributed by atoms with van der Waals surface area (Å²) in [6.07, 6.45) is 1.93. The number of halogens is 1. The van der Waals surface area contributed by atoms with E-state index in [9.17, 15) is 4.79 Å². The van der Waals surface area contributed by atoms with Crippen molar-refractivity contribution >= 4 is 49.3 Å². The van der Waals surface area contributed by atoms with Gasteiger partial charge in [-0.05, 0) is 50.3 Å². The van der Waals surface area contributed by atoms with Crippen molar-refractivity contribution in [3.8, 4) is 5.75 Å². The molecular formula is C19H15BrN2O2S. The number of para-hydroxylation sites is 2. The molecule has 0 bridgehead atoms. The van der Waals surface area contributed by atoms with Crippen molar-refractivity contribution in [2.45, 2.75) is 20.0 Å². The van der Waals surface area contributed by atoms with E-state index >= 15 is 0 Å². The Balaban J connectivity index is 1.94. The highest BCUT2D eigenvalue weighted by atomic mass is 79.9. The lowest BCUT2D eigenvalue weighted by Crippen LogP contribution is -2.22. The van der Waals surface area contributed by atoms with Crippen molar-refractivity contribution in [3.63, 3.8) is 0 Å². The molecule has 0 unspecified atom stereocenters. The van der Waals surface area contributed by atoms with Gasteiger partial charge in [-0.3, -0.25) is 4.79 Å². The summed E-state index contributed by atoms with van der Waals surface area (Å²) in [6.45, 7) is 3.96. The van der Waals surface area contributed by atoms with E-state index in [4.69, 9.17) is 4.74 Å². The second-order valence-electron chi connectivity index (χ2n) is 5.98. The topological polar surface area (TPSA) is 43.6 Å². The van der Waals surface area contributed by atoms with Gasteiger partial charge in [0.15, 0.2) is 4.96 Å². The van der Waals surface area contributed by atoms with Crippen LogP contribution >= 0.6 is 27.3 Å². The van der Waals surface area contributed by atoms with E-state index in [0.29, 0.717) is 9.49 Å². The molecule has 0 aliphatic carbocycles. The lowest BCUT2D eigenvalue weighted by Gasteiger charge is -2.12. The minimum absolute atomic E-state index is 0.0517. The first-order valence-corrected chi connectivity index (χ1v) is 9.52. The first-order valence-electron chi connectivity index (χ1n) is 7.91. The molecule has 2 heterocycles. The molecule has 0 saturated carbocycles. The molecule has 0 amide bonds. The third-order valence-electron chi connectivity index (χ3n) is 3.77. The van der Waals surface area contributed by atoms with Crippen LogP contribution in [0.3, 0.4) is 0 Å². The maximum Gasteiger partial charge on any atom is 0.274 e. The molecule has 0 radical (unpaired) electrons. The monoisotopic (exact) mass is 414 g/mol. The van der Waals surface area contributed by atoms with E-state index < -0.39 is 0 Å². The Morgan fingerprint density at radius 3 is 2.84 bits per heavy atom. The van der Waals surface area contributed by atoms with Crippen LogP contribution in [0.4, 0.5) is 0 Å². The number of hydrogen-bond donors (Lipinski definition) is 0. The minimum Gasteiger partial charge on any atom is -0.490 e. The zero-order valence-corrected chi connectivity index (χ0v) is 16.1. The molecule has 0 aliphatic rings. The number of imidazole rings is 1. The molecule has 0 aliphatic heterocycles. The van der Waals surface area contributed by atoms with Gasteiger partial charge in [-0.2, -0.15) is 0 Å². The van der Waals surface area contributed by atoms with Crippen LogP contribution in [0.2, 0.25) is 0 Å². The van der Waals surface area contributed by atoms with Crippen LogP contribution in [0, 0.1) is 0 Å². The molecule has 0 spiro atoms. The fraction of sp³-hybridized carbons (Fsp3) is 0.158. The average Bonchev–Trinajstić information content (AvgIpc) is 3.07. The quantitative estimate of drug-likeness (QED) is 0.508. The van der Waals surface area contributed by atoms with Crippen LogP contribution in [0.1, 0.15) is 19.4 Å². The van der Waals surface area contributed by atoms with E-state index in [2.05, 4.69) is 20.9 Å². The van der Waals surface area contributed by atoms with Gasteiger partial charge in [-0.1, -0.05) is 39.4 Å². The van der Waals surface area contributed by atoms with Crippen molar-refractivity contribution < 1.29 is 4.74 Å². The summed E-state index contributed by atoms with van der Waals surface area (Å²) in [7, 11) is 0. The number of rotatable bonds is 3. The van der Waals surface area contributed by atoms with Crippen molar-refractivity contribution in [1.82, 2.24) is 9.38 Å². The summed E-state index contributed by atoms with van der Waals surface area (Å²) in [5.41, 5.74) is 2.49. The Kier molecular flexibility index (Phi) is 4.09. The largest absolute Gasteiger partial charge is 0.490 e. The molecule has 0 fully saturated rings. The highest BCUT2D eigenvalue weighted by molar-refractivity contribution is 9.10. The van der Waals surface area contributed by atoms with Crippen molar-refractivity contribution in [3.05, 3.63) is 67.4 Å². The molecule has 0 atom stereocenters. The third kappa shape index (κ3) is 2.96. The number of thiazole rings is 1. The first-order chi connectivity index (χ1) is 12.0.